The van der Waals surface area contributed by atoms with Crippen molar-refractivity contribution < 1.29 is 5.21 Å². The van der Waals surface area contributed by atoms with Crippen LogP contribution in [0.4, 0.5) is 5.95 Å². The largest absolute Gasteiger partial charge is 0.409 e. The Kier molecular flexibility index (Phi) is 4.32. The summed E-state index contributed by atoms with van der Waals surface area (Å²) in [6.45, 7) is 4.35. The minimum Gasteiger partial charge on any atom is -0.409 e. The van der Waals surface area contributed by atoms with Crippen molar-refractivity contribution in [3.63, 3.8) is 0 Å². The van der Waals surface area contributed by atoms with Crippen LogP contribution in [0.15, 0.2) is 29.4 Å². The number of amidine groups is 1. The van der Waals surface area contributed by atoms with Crippen molar-refractivity contribution >= 4 is 11.8 Å². The summed E-state index contributed by atoms with van der Waals surface area (Å²) in [6.07, 6.45) is 0. The van der Waals surface area contributed by atoms with E-state index in [-0.39, 0.29) is 5.84 Å². The fourth-order valence-corrected chi connectivity index (χ4v) is 1.91. The van der Waals surface area contributed by atoms with Crippen molar-refractivity contribution in [1.29, 1.82) is 0 Å². The second-order valence-electron chi connectivity index (χ2n) is 4.81. The number of hydrogen-bond acceptors (Lipinski definition) is 6. The molecular weight excluding hydrogens is 268 g/mol. The van der Waals surface area contributed by atoms with Gasteiger partial charge in [-0.3, -0.25) is 4.98 Å². The predicted octanol–water partition coefficient (Wildman–Crippen LogP) is 1.22. The number of anilines is 1. The van der Waals surface area contributed by atoms with Crippen LogP contribution in [0, 0.1) is 13.8 Å². The lowest BCUT2D eigenvalue weighted by atomic mass is 10.3. The number of hydrogen-bond donors (Lipinski definition) is 2. The summed E-state index contributed by atoms with van der Waals surface area (Å²) in [6, 6.07) is 7.52. The van der Waals surface area contributed by atoms with E-state index in [9.17, 15) is 0 Å². The molecule has 0 bridgehead atoms. The van der Waals surface area contributed by atoms with E-state index in [0.717, 1.165) is 17.1 Å². The molecule has 2 aromatic rings. The first kappa shape index (κ1) is 14.7. The smallest absolute Gasteiger partial charge is 0.226 e. The zero-order chi connectivity index (χ0) is 15.4. The number of oxime groups is 1. The Labute approximate surface area is 123 Å². The highest BCUT2D eigenvalue weighted by Crippen LogP contribution is 2.12. The first-order chi connectivity index (χ1) is 9.99. The van der Waals surface area contributed by atoms with Crippen LogP contribution in [0.5, 0.6) is 0 Å². The van der Waals surface area contributed by atoms with Crippen molar-refractivity contribution in [2.75, 3.05) is 11.9 Å². The average molecular weight is 286 g/mol. The number of aromatic nitrogens is 3. The molecule has 0 aromatic carbocycles. The molecule has 0 fully saturated rings. The molecule has 0 aliphatic rings. The zero-order valence-corrected chi connectivity index (χ0v) is 12.3. The molecule has 2 rings (SSSR count). The molecule has 0 unspecified atom stereocenters. The monoisotopic (exact) mass is 286 g/mol. The number of aryl methyl sites for hydroxylation is 2. The Bertz CT molecular complexity index is 670. The Morgan fingerprint density at radius 3 is 2.67 bits per heavy atom. The normalized spacial score (nSPS) is 11.5. The number of pyridine rings is 1. The molecule has 0 radical (unpaired) electrons. The first-order valence-corrected chi connectivity index (χ1v) is 6.47. The highest BCUT2D eigenvalue weighted by Gasteiger charge is 2.11. The predicted molar refractivity (Wildman–Crippen MR) is 80.4 cm³/mol. The summed E-state index contributed by atoms with van der Waals surface area (Å²) < 4.78 is 0. The second kappa shape index (κ2) is 6.17. The summed E-state index contributed by atoms with van der Waals surface area (Å²) >= 11 is 0. The van der Waals surface area contributed by atoms with Crippen LogP contribution in [0.1, 0.15) is 22.8 Å². The van der Waals surface area contributed by atoms with Crippen molar-refractivity contribution in [2.24, 2.45) is 10.9 Å². The van der Waals surface area contributed by atoms with E-state index in [0.29, 0.717) is 18.2 Å². The first-order valence-electron chi connectivity index (χ1n) is 6.47. The highest BCUT2D eigenvalue weighted by molar-refractivity contribution is 5.95. The third kappa shape index (κ3) is 3.65. The van der Waals surface area contributed by atoms with Crippen LogP contribution in [-0.4, -0.2) is 33.0 Å². The molecule has 0 saturated carbocycles. The Hall–Kier alpha value is -2.70. The van der Waals surface area contributed by atoms with Gasteiger partial charge in [-0.15, -0.1) is 0 Å². The lowest BCUT2D eigenvalue weighted by Crippen LogP contribution is -2.23. The van der Waals surface area contributed by atoms with Crippen LogP contribution < -0.4 is 10.6 Å². The van der Waals surface area contributed by atoms with Gasteiger partial charge in [-0.05, 0) is 32.0 Å². The maximum Gasteiger partial charge on any atom is 0.226 e. The van der Waals surface area contributed by atoms with Gasteiger partial charge in [0.25, 0.3) is 0 Å². The second-order valence-corrected chi connectivity index (χ2v) is 4.81. The van der Waals surface area contributed by atoms with Crippen molar-refractivity contribution in [2.45, 2.75) is 20.4 Å². The molecule has 0 amide bonds. The van der Waals surface area contributed by atoms with Gasteiger partial charge < -0.3 is 15.8 Å². The summed E-state index contributed by atoms with van der Waals surface area (Å²) in [4.78, 5) is 15.0. The molecule has 0 atom stereocenters. The molecule has 2 aromatic heterocycles. The fraction of sp³-hybridized carbons (Fsp3) is 0.286. The molecule has 2 heterocycles. The Morgan fingerprint density at radius 1 is 1.24 bits per heavy atom. The van der Waals surface area contributed by atoms with Crippen molar-refractivity contribution in [3.05, 3.63) is 47.0 Å². The molecule has 3 N–H and O–H groups in total. The zero-order valence-electron chi connectivity index (χ0n) is 12.3. The Balaban J connectivity index is 2.26. The minimum atomic E-state index is -0.0381. The van der Waals surface area contributed by atoms with E-state index >= 15 is 0 Å². The van der Waals surface area contributed by atoms with Crippen LogP contribution >= 0.6 is 0 Å². The molecule has 0 aliphatic carbocycles. The van der Waals surface area contributed by atoms with Gasteiger partial charge in [-0.25, -0.2) is 9.97 Å². The summed E-state index contributed by atoms with van der Waals surface area (Å²) in [5.41, 5.74) is 8.60. The van der Waals surface area contributed by atoms with Crippen molar-refractivity contribution in [1.82, 2.24) is 15.0 Å². The van der Waals surface area contributed by atoms with Crippen LogP contribution in [-0.2, 0) is 6.54 Å². The third-order valence-corrected chi connectivity index (χ3v) is 2.90. The van der Waals surface area contributed by atoms with Crippen LogP contribution in [0.2, 0.25) is 0 Å². The van der Waals surface area contributed by atoms with Gasteiger partial charge in [0.15, 0.2) is 5.84 Å². The lowest BCUT2D eigenvalue weighted by molar-refractivity contribution is 0.318. The van der Waals surface area contributed by atoms with E-state index in [1.165, 1.54) is 0 Å². The number of nitrogens with two attached hydrogens (primary N) is 1. The molecule has 110 valence electrons. The molecule has 0 saturated heterocycles. The SMILES string of the molecule is Cc1cccc(CN(C)c2nc(C)cc(/C(N)=N/O)n2)n1. The van der Waals surface area contributed by atoms with Gasteiger partial charge >= 0.3 is 0 Å². The van der Waals surface area contributed by atoms with E-state index < -0.39 is 0 Å². The molecule has 0 spiro atoms. The quantitative estimate of drug-likeness (QED) is 0.379. The van der Waals surface area contributed by atoms with Crippen molar-refractivity contribution in [3.8, 4) is 0 Å². The van der Waals surface area contributed by atoms with Gasteiger partial charge in [-0.1, -0.05) is 11.2 Å². The van der Waals surface area contributed by atoms with E-state index in [1.807, 2.05) is 44.0 Å². The minimum absolute atomic E-state index is 0.0381. The van der Waals surface area contributed by atoms with Gasteiger partial charge in [0.1, 0.15) is 5.69 Å². The summed E-state index contributed by atoms with van der Waals surface area (Å²) in [5, 5.41) is 11.7. The van der Waals surface area contributed by atoms with Crippen LogP contribution in [0.25, 0.3) is 0 Å². The molecule has 0 aliphatic heterocycles. The fourth-order valence-electron chi connectivity index (χ4n) is 1.91. The van der Waals surface area contributed by atoms with Crippen LogP contribution in [0.3, 0.4) is 0 Å². The standard InChI is InChI=1S/C14H18N6O/c1-9-5-4-6-11(16-9)8-20(3)14-17-10(2)7-12(18-14)13(15)19-21/h4-7,21H,8H2,1-3H3,(H2,15,19). The maximum absolute atomic E-state index is 8.75. The van der Waals surface area contributed by atoms with E-state index in [4.69, 9.17) is 10.9 Å². The van der Waals surface area contributed by atoms with E-state index in [1.54, 1.807) is 6.07 Å². The molecule has 7 heteroatoms. The number of rotatable bonds is 4. The maximum atomic E-state index is 8.75. The highest BCUT2D eigenvalue weighted by atomic mass is 16.4. The summed E-state index contributed by atoms with van der Waals surface area (Å²) in [5.74, 6) is 0.462. The van der Waals surface area contributed by atoms with Gasteiger partial charge in [0.2, 0.25) is 5.95 Å². The molecule has 7 nitrogen and oxygen atoms in total. The topological polar surface area (TPSA) is 101 Å². The lowest BCUT2D eigenvalue weighted by Gasteiger charge is -2.17. The number of nitrogens with zero attached hydrogens (tertiary/aromatic N) is 5. The molecule has 21 heavy (non-hydrogen) atoms. The Morgan fingerprint density at radius 2 is 2.00 bits per heavy atom. The van der Waals surface area contributed by atoms with Gasteiger partial charge in [0.05, 0.1) is 12.2 Å². The third-order valence-electron chi connectivity index (χ3n) is 2.90. The van der Waals surface area contributed by atoms with Gasteiger partial charge in [0, 0.05) is 18.4 Å². The molecular formula is C14H18N6O. The van der Waals surface area contributed by atoms with E-state index in [2.05, 4.69) is 20.1 Å². The average Bonchev–Trinajstić information content (AvgIpc) is 2.45. The van der Waals surface area contributed by atoms with Gasteiger partial charge in [-0.2, -0.15) is 0 Å². The summed E-state index contributed by atoms with van der Waals surface area (Å²) in [7, 11) is 1.87.